The van der Waals surface area contributed by atoms with Crippen molar-refractivity contribution in [1.29, 1.82) is 0 Å². The third kappa shape index (κ3) is 2.76. The summed E-state index contributed by atoms with van der Waals surface area (Å²) in [5.74, 6) is 7.05. The number of piperazine rings is 1. The van der Waals surface area contributed by atoms with Gasteiger partial charge >= 0.3 is 0 Å². The molecule has 1 aromatic rings. The van der Waals surface area contributed by atoms with Gasteiger partial charge in [0.15, 0.2) is 0 Å². The van der Waals surface area contributed by atoms with Gasteiger partial charge in [-0.25, -0.2) is 15.8 Å². The van der Waals surface area contributed by atoms with Crippen LogP contribution in [0.3, 0.4) is 0 Å². The molecule has 1 fully saturated rings. The van der Waals surface area contributed by atoms with E-state index >= 15 is 0 Å². The molecule has 1 aliphatic heterocycles. The van der Waals surface area contributed by atoms with E-state index < -0.39 is 0 Å². The van der Waals surface area contributed by atoms with Crippen LogP contribution in [0.2, 0.25) is 0 Å². The van der Waals surface area contributed by atoms with Crippen LogP contribution in [0.15, 0.2) is 6.33 Å². The maximum atomic E-state index is 11.8. The highest BCUT2D eigenvalue weighted by molar-refractivity contribution is 5.82. The number of nitrogens with one attached hydrogen (secondary N) is 1. The fraction of sp³-hybridized carbons (Fsp3) is 0.583. The van der Waals surface area contributed by atoms with Crippen LogP contribution in [0.1, 0.15) is 18.9 Å². The van der Waals surface area contributed by atoms with E-state index in [0.717, 1.165) is 30.8 Å². The van der Waals surface area contributed by atoms with Crippen molar-refractivity contribution in [1.82, 2.24) is 14.9 Å². The second-order valence-electron chi connectivity index (χ2n) is 4.66. The largest absolute Gasteiger partial charge is 0.345 e. The molecule has 1 amide bonds. The second-order valence-corrected chi connectivity index (χ2v) is 4.66. The van der Waals surface area contributed by atoms with Crippen LogP contribution in [0, 0.1) is 0 Å². The highest BCUT2D eigenvalue weighted by Crippen LogP contribution is 2.25. The number of anilines is 2. The second kappa shape index (κ2) is 5.83. The standard InChI is InChI=1S/C12H20N6O/c1-3-4-9-11(16-13)14-8-15-12(9)18-6-5-17(2)10(19)7-18/h8H,3-7,13H2,1-2H3,(H,14,15,16). The minimum absolute atomic E-state index is 0.106. The summed E-state index contributed by atoms with van der Waals surface area (Å²) in [6, 6.07) is 0. The summed E-state index contributed by atoms with van der Waals surface area (Å²) in [7, 11) is 1.82. The predicted octanol–water partition coefficient (Wildman–Crippen LogP) is -0.00690. The number of rotatable bonds is 4. The lowest BCUT2D eigenvalue weighted by Gasteiger charge is -2.33. The third-order valence-electron chi connectivity index (χ3n) is 3.32. The monoisotopic (exact) mass is 264 g/mol. The van der Waals surface area contributed by atoms with E-state index in [9.17, 15) is 4.79 Å². The SMILES string of the molecule is CCCc1c(NN)ncnc1N1CCN(C)C(=O)C1. The summed E-state index contributed by atoms with van der Waals surface area (Å²) in [5.41, 5.74) is 3.58. The van der Waals surface area contributed by atoms with Crippen LogP contribution in [0.5, 0.6) is 0 Å². The number of nitrogens with zero attached hydrogens (tertiary/aromatic N) is 4. The van der Waals surface area contributed by atoms with E-state index in [0.29, 0.717) is 18.9 Å². The number of nitrogen functional groups attached to an aromatic ring is 1. The lowest BCUT2D eigenvalue weighted by molar-refractivity contribution is -0.129. The zero-order valence-electron chi connectivity index (χ0n) is 11.4. The maximum Gasteiger partial charge on any atom is 0.241 e. The predicted molar refractivity (Wildman–Crippen MR) is 73.7 cm³/mol. The Labute approximate surface area is 112 Å². The Bertz CT molecular complexity index is 464. The highest BCUT2D eigenvalue weighted by atomic mass is 16.2. The van der Waals surface area contributed by atoms with Gasteiger partial charge in [-0.2, -0.15) is 0 Å². The minimum atomic E-state index is 0.106. The van der Waals surface area contributed by atoms with E-state index in [2.05, 4.69) is 22.3 Å². The number of hydrogen-bond acceptors (Lipinski definition) is 6. The molecule has 2 heterocycles. The van der Waals surface area contributed by atoms with Crippen molar-refractivity contribution in [2.75, 3.05) is 37.0 Å². The van der Waals surface area contributed by atoms with E-state index in [1.165, 1.54) is 6.33 Å². The number of amides is 1. The molecule has 0 aliphatic carbocycles. The number of hydrogen-bond donors (Lipinski definition) is 2. The van der Waals surface area contributed by atoms with Crippen LogP contribution in [-0.4, -0.2) is 47.5 Å². The highest BCUT2D eigenvalue weighted by Gasteiger charge is 2.24. The van der Waals surface area contributed by atoms with Gasteiger partial charge in [0.05, 0.1) is 6.54 Å². The normalized spacial score (nSPS) is 15.8. The van der Waals surface area contributed by atoms with Gasteiger partial charge in [-0.15, -0.1) is 0 Å². The average Bonchev–Trinajstić information content (AvgIpc) is 2.42. The minimum Gasteiger partial charge on any atom is -0.345 e. The molecule has 7 heteroatoms. The molecule has 0 saturated carbocycles. The Balaban J connectivity index is 2.30. The van der Waals surface area contributed by atoms with Gasteiger partial charge in [-0.05, 0) is 6.42 Å². The van der Waals surface area contributed by atoms with Gasteiger partial charge in [0.25, 0.3) is 0 Å². The third-order valence-corrected chi connectivity index (χ3v) is 3.32. The molecule has 19 heavy (non-hydrogen) atoms. The molecule has 2 rings (SSSR count). The average molecular weight is 264 g/mol. The number of carbonyl (C=O) groups excluding carboxylic acids is 1. The summed E-state index contributed by atoms with van der Waals surface area (Å²) in [5, 5.41) is 0. The molecule has 0 unspecified atom stereocenters. The molecule has 104 valence electrons. The van der Waals surface area contributed by atoms with Crippen molar-refractivity contribution in [3.8, 4) is 0 Å². The maximum absolute atomic E-state index is 11.8. The molecule has 1 aliphatic rings. The van der Waals surface area contributed by atoms with Gasteiger partial charge in [0, 0.05) is 25.7 Å². The van der Waals surface area contributed by atoms with Crippen molar-refractivity contribution in [3.05, 3.63) is 11.9 Å². The molecular formula is C12H20N6O. The van der Waals surface area contributed by atoms with Crippen molar-refractivity contribution >= 4 is 17.5 Å². The molecule has 0 radical (unpaired) electrons. The Kier molecular flexibility index (Phi) is 4.16. The lowest BCUT2D eigenvalue weighted by atomic mass is 10.1. The Morgan fingerprint density at radius 1 is 1.42 bits per heavy atom. The first-order valence-corrected chi connectivity index (χ1v) is 6.46. The van der Waals surface area contributed by atoms with Gasteiger partial charge in [0.1, 0.15) is 18.0 Å². The summed E-state index contributed by atoms with van der Waals surface area (Å²) in [6.07, 6.45) is 3.28. The van der Waals surface area contributed by atoms with Crippen molar-refractivity contribution in [2.24, 2.45) is 5.84 Å². The van der Waals surface area contributed by atoms with Gasteiger partial charge < -0.3 is 15.2 Å². The number of likely N-dealkylation sites (N-methyl/N-ethyl adjacent to an activating group) is 1. The van der Waals surface area contributed by atoms with Crippen LogP contribution >= 0.6 is 0 Å². The summed E-state index contributed by atoms with van der Waals surface area (Å²) in [4.78, 5) is 24.0. The summed E-state index contributed by atoms with van der Waals surface area (Å²) in [6.45, 7) is 3.93. The van der Waals surface area contributed by atoms with Crippen LogP contribution in [-0.2, 0) is 11.2 Å². The zero-order valence-corrected chi connectivity index (χ0v) is 11.4. The number of carbonyl (C=O) groups is 1. The first-order chi connectivity index (χ1) is 9.17. The molecule has 0 spiro atoms. The number of aromatic nitrogens is 2. The number of hydrazine groups is 1. The fourth-order valence-corrected chi connectivity index (χ4v) is 2.22. The van der Waals surface area contributed by atoms with Gasteiger partial charge in [0.2, 0.25) is 5.91 Å². The topological polar surface area (TPSA) is 87.4 Å². The molecule has 7 nitrogen and oxygen atoms in total. The molecule has 1 saturated heterocycles. The van der Waals surface area contributed by atoms with Crippen molar-refractivity contribution < 1.29 is 4.79 Å². The smallest absolute Gasteiger partial charge is 0.241 e. The quantitative estimate of drug-likeness (QED) is 0.587. The number of nitrogens with two attached hydrogens (primary N) is 1. The molecule has 0 bridgehead atoms. The molecule has 0 aromatic carbocycles. The fourth-order valence-electron chi connectivity index (χ4n) is 2.22. The summed E-state index contributed by atoms with van der Waals surface area (Å²) < 4.78 is 0. The van der Waals surface area contributed by atoms with E-state index in [-0.39, 0.29) is 5.91 Å². The molecular weight excluding hydrogens is 244 g/mol. The van der Waals surface area contributed by atoms with Crippen molar-refractivity contribution in [3.63, 3.8) is 0 Å². The van der Waals surface area contributed by atoms with Gasteiger partial charge in [-0.1, -0.05) is 13.3 Å². The summed E-state index contributed by atoms with van der Waals surface area (Å²) >= 11 is 0. The van der Waals surface area contributed by atoms with Crippen LogP contribution < -0.4 is 16.2 Å². The van der Waals surface area contributed by atoms with E-state index in [4.69, 9.17) is 5.84 Å². The molecule has 1 aromatic heterocycles. The van der Waals surface area contributed by atoms with E-state index in [1.54, 1.807) is 4.90 Å². The molecule has 3 N–H and O–H groups in total. The Morgan fingerprint density at radius 2 is 2.21 bits per heavy atom. The molecule has 0 atom stereocenters. The lowest BCUT2D eigenvalue weighted by Crippen LogP contribution is -2.49. The Morgan fingerprint density at radius 3 is 2.84 bits per heavy atom. The van der Waals surface area contributed by atoms with Crippen LogP contribution in [0.4, 0.5) is 11.6 Å². The van der Waals surface area contributed by atoms with Crippen LogP contribution in [0.25, 0.3) is 0 Å². The Hall–Kier alpha value is -1.89. The van der Waals surface area contributed by atoms with Gasteiger partial charge in [-0.3, -0.25) is 4.79 Å². The van der Waals surface area contributed by atoms with E-state index in [1.807, 2.05) is 11.9 Å². The zero-order chi connectivity index (χ0) is 13.8. The first kappa shape index (κ1) is 13.5. The first-order valence-electron chi connectivity index (χ1n) is 6.46. The van der Waals surface area contributed by atoms with Crippen molar-refractivity contribution in [2.45, 2.75) is 19.8 Å².